The molecule has 0 bridgehead atoms. The fourth-order valence-corrected chi connectivity index (χ4v) is 3.38. The highest BCUT2D eigenvalue weighted by Gasteiger charge is 2.26. The van der Waals surface area contributed by atoms with Crippen LogP contribution in [0.15, 0.2) is 22.8 Å². The quantitative estimate of drug-likeness (QED) is 0.644. The van der Waals surface area contributed by atoms with E-state index in [0.29, 0.717) is 52.7 Å². The first kappa shape index (κ1) is 20.0. The van der Waals surface area contributed by atoms with Crippen molar-refractivity contribution in [1.82, 2.24) is 9.97 Å². The van der Waals surface area contributed by atoms with Gasteiger partial charge in [-0.25, -0.2) is 4.98 Å². The Morgan fingerprint density at radius 1 is 1.39 bits per heavy atom. The number of nitriles is 2. The lowest BCUT2D eigenvalue weighted by molar-refractivity contribution is 0.0698. The Kier molecular flexibility index (Phi) is 6.42. The molecule has 0 radical (unpaired) electrons. The summed E-state index contributed by atoms with van der Waals surface area (Å²) in [6.07, 6.45) is 2.36. The average molecular weight is 443 g/mol. The molecule has 0 spiro atoms. The molecule has 2 atom stereocenters. The van der Waals surface area contributed by atoms with Gasteiger partial charge in [0, 0.05) is 28.5 Å². The lowest BCUT2D eigenvalue weighted by Gasteiger charge is -2.28. The van der Waals surface area contributed by atoms with Crippen LogP contribution in [0.4, 0.5) is 17.5 Å². The van der Waals surface area contributed by atoms with Gasteiger partial charge in [0.2, 0.25) is 5.95 Å². The third-order valence-corrected chi connectivity index (χ3v) is 5.45. The summed E-state index contributed by atoms with van der Waals surface area (Å²) in [4.78, 5) is 8.79. The molecule has 0 unspecified atom stereocenters. The van der Waals surface area contributed by atoms with E-state index in [2.05, 4.69) is 48.7 Å². The van der Waals surface area contributed by atoms with Crippen LogP contribution in [0.5, 0.6) is 0 Å². The zero-order valence-electron chi connectivity index (χ0n) is 15.2. The molecule has 2 aromatic rings. The first-order chi connectivity index (χ1) is 13.5. The van der Waals surface area contributed by atoms with Crippen molar-refractivity contribution in [3.63, 3.8) is 0 Å². The average Bonchev–Trinajstić information content (AvgIpc) is 2.72. The van der Waals surface area contributed by atoms with Crippen molar-refractivity contribution >= 4 is 33.4 Å². The van der Waals surface area contributed by atoms with Gasteiger partial charge in [0.05, 0.1) is 36.8 Å². The second kappa shape index (κ2) is 8.98. The van der Waals surface area contributed by atoms with E-state index < -0.39 is 0 Å². The van der Waals surface area contributed by atoms with Crippen molar-refractivity contribution in [3.05, 3.63) is 39.5 Å². The molecule has 3 rings (SSSR count). The molecule has 1 aromatic heterocycles. The zero-order valence-corrected chi connectivity index (χ0v) is 16.8. The Labute approximate surface area is 171 Å². The summed E-state index contributed by atoms with van der Waals surface area (Å²) in [5.41, 5.74) is 2.42. The van der Waals surface area contributed by atoms with E-state index >= 15 is 0 Å². The smallest absolute Gasteiger partial charge is 0.229 e. The number of benzene rings is 1. The minimum absolute atomic E-state index is 0.140. The summed E-state index contributed by atoms with van der Waals surface area (Å²) >= 11 is 3.32. The van der Waals surface area contributed by atoms with Gasteiger partial charge in [0.1, 0.15) is 11.9 Å². The number of halogens is 1. The van der Waals surface area contributed by atoms with E-state index in [-0.39, 0.29) is 18.6 Å². The molecule has 8 nitrogen and oxygen atoms in total. The summed E-state index contributed by atoms with van der Waals surface area (Å²) in [5.74, 6) is 0.818. The van der Waals surface area contributed by atoms with Gasteiger partial charge in [-0.1, -0.05) is 0 Å². The van der Waals surface area contributed by atoms with E-state index in [0.717, 1.165) is 5.56 Å². The summed E-state index contributed by atoms with van der Waals surface area (Å²) in [6.45, 7) is 2.71. The highest BCUT2D eigenvalue weighted by atomic mass is 79.9. The maximum atomic E-state index is 9.49. The lowest BCUT2D eigenvalue weighted by atomic mass is 9.96. The minimum atomic E-state index is -0.205. The molecule has 0 amide bonds. The second-order valence-corrected chi connectivity index (χ2v) is 7.26. The van der Waals surface area contributed by atoms with Crippen LogP contribution in [0.3, 0.4) is 0 Å². The number of hydrogen-bond acceptors (Lipinski definition) is 8. The van der Waals surface area contributed by atoms with Crippen LogP contribution in [0.25, 0.3) is 0 Å². The maximum absolute atomic E-state index is 9.49. The van der Waals surface area contributed by atoms with E-state index in [1.165, 1.54) is 0 Å². The van der Waals surface area contributed by atoms with Crippen LogP contribution in [0.2, 0.25) is 0 Å². The van der Waals surface area contributed by atoms with Crippen LogP contribution < -0.4 is 10.6 Å². The van der Waals surface area contributed by atoms with Gasteiger partial charge in [-0.3, -0.25) is 0 Å². The number of rotatable bonds is 5. The highest BCUT2D eigenvalue weighted by molar-refractivity contribution is 9.10. The van der Waals surface area contributed by atoms with E-state index in [1.54, 1.807) is 18.3 Å². The van der Waals surface area contributed by atoms with E-state index in [1.807, 2.05) is 6.92 Å². The molecule has 144 valence electrons. The van der Waals surface area contributed by atoms with Crippen molar-refractivity contribution < 1.29 is 9.84 Å². The molecule has 1 aliphatic heterocycles. The van der Waals surface area contributed by atoms with Crippen molar-refractivity contribution in [2.45, 2.75) is 26.0 Å². The third kappa shape index (κ3) is 4.39. The van der Waals surface area contributed by atoms with E-state index in [4.69, 9.17) is 4.74 Å². The highest BCUT2D eigenvalue weighted by Crippen LogP contribution is 2.28. The molecule has 1 aromatic carbocycles. The van der Waals surface area contributed by atoms with Crippen LogP contribution in [-0.4, -0.2) is 34.3 Å². The molecule has 1 aliphatic rings. The van der Waals surface area contributed by atoms with Crippen molar-refractivity contribution in [1.29, 1.82) is 10.5 Å². The number of anilines is 3. The van der Waals surface area contributed by atoms with Gasteiger partial charge < -0.3 is 20.5 Å². The number of nitrogens with zero attached hydrogens (tertiary/aromatic N) is 4. The monoisotopic (exact) mass is 442 g/mol. The normalized spacial score (nSPS) is 18.8. The fraction of sp³-hybridized carbons (Fsp3) is 0.368. The Morgan fingerprint density at radius 2 is 2.21 bits per heavy atom. The Hall–Kier alpha value is -2.72. The standard InChI is InChI=1S/C19H19BrN6O2/c1-11-8-23-19(24-15-4-13(7-22)17(20)14(5-15)9-27)26-18(11)25-16-10-28-3-2-12(16)6-21/h4-5,8,12,16,27H,2-3,9-10H2,1H3,(H2,23,24,25,26)/t12-,16+/m0/s1. The second-order valence-electron chi connectivity index (χ2n) is 6.47. The number of ether oxygens (including phenoxy) is 1. The predicted molar refractivity (Wildman–Crippen MR) is 107 cm³/mol. The summed E-state index contributed by atoms with van der Waals surface area (Å²) in [5, 5.41) is 34.5. The molecule has 9 heteroatoms. The topological polar surface area (TPSA) is 127 Å². The Balaban J connectivity index is 1.84. The van der Waals surface area contributed by atoms with Crippen LogP contribution in [0.1, 0.15) is 23.1 Å². The summed E-state index contributed by atoms with van der Waals surface area (Å²) in [6, 6.07) is 7.64. The lowest BCUT2D eigenvalue weighted by Crippen LogP contribution is -2.38. The number of nitrogens with one attached hydrogen (secondary N) is 2. The predicted octanol–water partition coefficient (Wildman–Crippen LogP) is 3.00. The largest absolute Gasteiger partial charge is 0.392 e. The number of aliphatic hydroxyl groups excluding tert-OH is 1. The van der Waals surface area contributed by atoms with Crippen molar-refractivity contribution in [2.24, 2.45) is 5.92 Å². The molecule has 1 fully saturated rings. The van der Waals surface area contributed by atoms with Gasteiger partial charge in [-0.2, -0.15) is 15.5 Å². The number of aliphatic hydroxyl groups is 1. The van der Waals surface area contributed by atoms with Gasteiger partial charge in [0.25, 0.3) is 0 Å². The maximum Gasteiger partial charge on any atom is 0.229 e. The summed E-state index contributed by atoms with van der Waals surface area (Å²) < 4.78 is 6.05. The third-order valence-electron chi connectivity index (χ3n) is 4.51. The molecule has 0 aliphatic carbocycles. The molecule has 3 N–H and O–H groups in total. The summed E-state index contributed by atoms with van der Waals surface area (Å²) in [7, 11) is 0. The minimum Gasteiger partial charge on any atom is -0.392 e. The molecular weight excluding hydrogens is 424 g/mol. The number of aromatic nitrogens is 2. The van der Waals surface area contributed by atoms with Crippen LogP contribution in [-0.2, 0) is 11.3 Å². The molecule has 0 saturated carbocycles. The Bertz CT molecular complexity index is 953. The molecule has 1 saturated heterocycles. The number of aryl methyl sites for hydroxylation is 1. The zero-order chi connectivity index (χ0) is 20.1. The molecule has 2 heterocycles. The first-order valence-corrected chi connectivity index (χ1v) is 9.53. The van der Waals surface area contributed by atoms with Gasteiger partial charge in [0.15, 0.2) is 0 Å². The van der Waals surface area contributed by atoms with Gasteiger partial charge in [-0.05, 0) is 47.0 Å². The van der Waals surface area contributed by atoms with Gasteiger partial charge in [-0.15, -0.1) is 0 Å². The van der Waals surface area contributed by atoms with E-state index in [9.17, 15) is 15.6 Å². The molecule has 28 heavy (non-hydrogen) atoms. The van der Waals surface area contributed by atoms with Crippen LogP contribution >= 0.6 is 15.9 Å². The fourth-order valence-electron chi connectivity index (χ4n) is 2.94. The van der Waals surface area contributed by atoms with Crippen molar-refractivity contribution in [2.75, 3.05) is 23.8 Å². The van der Waals surface area contributed by atoms with Crippen LogP contribution in [0, 0.1) is 35.5 Å². The first-order valence-electron chi connectivity index (χ1n) is 8.73. The number of hydrogen-bond donors (Lipinski definition) is 3. The SMILES string of the molecule is Cc1cnc(Nc2cc(C#N)c(Br)c(CO)c2)nc1N[C@@H]1COCC[C@H]1C#N. The molecular formula is C19H19BrN6O2. The van der Waals surface area contributed by atoms with Crippen molar-refractivity contribution in [3.8, 4) is 12.1 Å². The van der Waals surface area contributed by atoms with Gasteiger partial charge >= 0.3 is 0 Å². The Morgan fingerprint density at radius 3 is 2.93 bits per heavy atom.